The molecule has 1 heterocycles. The maximum Gasteiger partial charge on any atom is 0.109 e. The molecule has 0 N–H and O–H groups in total. The van der Waals surface area contributed by atoms with Crippen molar-refractivity contribution in [1.29, 1.82) is 0 Å². The van der Waals surface area contributed by atoms with E-state index in [1.807, 2.05) is 0 Å². The molecule has 4 rings (SSSR count). The molecule has 2 fully saturated rings. The zero-order valence-corrected chi connectivity index (χ0v) is 16.4. The third-order valence-electron chi connectivity index (χ3n) is 6.64. The lowest BCUT2D eigenvalue weighted by molar-refractivity contribution is 0.104. The second-order valence-corrected chi connectivity index (χ2v) is 8.20. The van der Waals surface area contributed by atoms with Crippen LogP contribution in [0.3, 0.4) is 0 Å². The summed E-state index contributed by atoms with van der Waals surface area (Å²) in [6.07, 6.45) is 7.21. The minimum Gasteiger partial charge on any atom is -0.347 e. The van der Waals surface area contributed by atoms with Crippen LogP contribution >= 0.6 is 0 Å². The number of benzene rings is 2. The molecule has 0 amide bonds. The molecule has 1 saturated carbocycles. The zero-order chi connectivity index (χ0) is 18.1. The van der Waals surface area contributed by atoms with Crippen molar-refractivity contribution in [2.75, 3.05) is 4.90 Å². The van der Waals surface area contributed by atoms with Crippen molar-refractivity contribution >= 4 is 5.69 Å². The Morgan fingerprint density at radius 1 is 0.769 bits per heavy atom. The van der Waals surface area contributed by atoms with Gasteiger partial charge in [0.2, 0.25) is 0 Å². The molecule has 2 nitrogen and oxygen atoms in total. The van der Waals surface area contributed by atoms with E-state index in [9.17, 15) is 0 Å². The van der Waals surface area contributed by atoms with Crippen molar-refractivity contribution in [2.24, 2.45) is 0 Å². The van der Waals surface area contributed by atoms with Crippen LogP contribution < -0.4 is 4.90 Å². The van der Waals surface area contributed by atoms with E-state index in [0.717, 1.165) is 0 Å². The van der Waals surface area contributed by atoms with E-state index in [1.54, 1.807) is 0 Å². The molecule has 1 aliphatic carbocycles. The molecular formula is C24H32N2. The van der Waals surface area contributed by atoms with Gasteiger partial charge >= 0.3 is 0 Å². The second-order valence-electron chi connectivity index (χ2n) is 8.20. The van der Waals surface area contributed by atoms with Gasteiger partial charge in [0.15, 0.2) is 0 Å². The number of aryl methyl sites for hydroxylation is 1. The zero-order valence-electron chi connectivity index (χ0n) is 16.4. The first-order valence-corrected chi connectivity index (χ1v) is 10.3. The molecule has 1 aliphatic heterocycles. The summed E-state index contributed by atoms with van der Waals surface area (Å²) in [4.78, 5) is 5.52. The van der Waals surface area contributed by atoms with Crippen molar-refractivity contribution in [1.82, 2.24) is 4.90 Å². The van der Waals surface area contributed by atoms with Crippen LogP contribution in [0.5, 0.6) is 0 Å². The van der Waals surface area contributed by atoms with Gasteiger partial charge in [-0.2, -0.15) is 0 Å². The van der Waals surface area contributed by atoms with Gasteiger partial charge in [-0.1, -0.05) is 67.8 Å². The number of hydrogen-bond donors (Lipinski definition) is 0. The van der Waals surface area contributed by atoms with E-state index in [4.69, 9.17) is 0 Å². The van der Waals surface area contributed by atoms with Crippen LogP contribution in [-0.4, -0.2) is 23.0 Å². The van der Waals surface area contributed by atoms with Gasteiger partial charge in [-0.05, 0) is 50.8 Å². The lowest BCUT2D eigenvalue weighted by Crippen LogP contribution is -2.42. The first-order valence-electron chi connectivity index (χ1n) is 10.3. The molecule has 2 heteroatoms. The van der Waals surface area contributed by atoms with Gasteiger partial charge < -0.3 is 4.90 Å². The summed E-state index contributed by atoms with van der Waals surface area (Å²) in [5.41, 5.74) is 4.19. The van der Waals surface area contributed by atoms with Gasteiger partial charge in [0, 0.05) is 23.8 Å². The largest absolute Gasteiger partial charge is 0.347 e. The highest BCUT2D eigenvalue weighted by Crippen LogP contribution is 2.45. The van der Waals surface area contributed by atoms with Crippen LogP contribution in [-0.2, 0) is 0 Å². The smallest absolute Gasteiger partial charge is 0.109 e. The van der Waals surface area contributed by atoms with Crippen molar-refractivity contribution in [2.45, 2.75) is 77.2 Å². The molecule has 2 aliphatic rings. The Bertz CT molecular complexity index is 720. The Hall–Kier alpha value is -1.80. The average Bonchev–Trinajstić information content (AvgIpc) is 2.95. The number of hydrogen-bond acceptors (Lipinski definition) is 2. The summed E-state index contributed by atoms with van der Waals surface area (Å²) in [5, 5.41) is 0. The monoisotopic (exact) mass is 348 g/mol. The molecule has 0 radical (unpaired) electrons. The fraction of sp³-hybridized carbons (Fsp3) is 0.500. The van der Waals surface area contributed by atoms with E-state index in [1.165, 1.54) is 48.9 Å². The van der Waals surface area contributed by atoms with Gasteiger partial charge in [0.05, 0.1) is 0 Å². The summed E-state index contributed by atoms with van der Waals surface area (Å²) >= 11 is 0. The molecule has 0 aromatic heterocycles. The van der Waals surface area contributed by atoms with Crippen molar-refractivity contribution in [3.05, 3.63) is 65.7 Å². The molecule has 1 saturated heterocycles. The lowest BCUT2D eigenvalue weighted by atomic mass is 9.92. The predicted molar refractivity (Wildman–Crippen MR) is 110 cm³/mol. The molecule has 26 heavy (non-hydrogen) atoms. The summed E-state index contributed by atoms with van der Waals surface area (Å²) in [6, 6.07) is 21.8. The predicted octanol–water partition coefficient (Wildman–Crippen LogP) is 5.93. The molecule has 138 valence electrons. The first kappa shape index (κ1) is 17.6. The van der Waals surface area contributed by atoms with Gasteiger partial charge in [-0.25, -0.2) is 0 Å². The third kappa shape index (κ3) is 3.05. The molecule has 0 bridgehead atoms. The van der Waals surface area contributed by atoms with E-state index < -0.39 is 0 Å². The normalized spacial score (nSPS) is 27.8. The topological polar surface area (TPSA) is 6.48 Å². The minimum atomic E-state index is 0.338. The van der Waals surface area contributed by atoms with Crippen LogP contribution in [0.1, 0.15) is 63.2 Å². The quantitative estimate of drug-likeness (QED) is 0.679. The fourth-order valence-corrected chi connectivity index (χ4v) is 5.14. The Morgan fingerprint density at radius 3 is 2.12 bits per heavy atom. The SMILES string of the molecule is Cc1ccccc1N1C(c2ccccc2)N(C2CCCCC2)C(C)[C@@H]1C. The Balaban J connectivity index is 1.80. The molecule has 0 spiro atoms. The molecule has 3 atom stereocenters. The number of nitrogens with zero attached hydrogens (tertiary/aromatic N) is 2. The van der Waals surface area contributed by atoms with Crippen LogP contribution in [0.2, 0.25) is 0 Å². The van der Waals surface area contributed by atoms with Crippen molar-refractivity contribution in [3.8, 4) is 0 Å². The summed E-state index contributed by atoms with van der Waals surface area (Å²) in [7, 11) is 0. The second kappa shape index (κ2) is 7.44. The number of rotatable bonds is 3. The molecular weight excluding hydrogens is 316 g/mol. The van der Waals surface area contributed by atoms with Gasteiger partial charge in [-0.3, -0.25) is 4.90 Å². The first-order chi connectivity index (χ1) is 12.7. The van der Waals surface area contributed by atoms with Crippen LogP contribution in [0.25, 0.3) is 0 Å². The fourth-order valence-electron chi connectivity index (χ4n) is 5.14. The highest BCUT2D eigenvalue weighted by Gasteiger charge is 2.46. The van der Waals surface area contributed by atoms with Gasteiger partial charge in [0.1, 0.15) is 6.17 Å². The highest BCUT2D eigenvalue weighted by molar-refractivity contribution is 5.57. The lowest BCUT2D eigenvalue weighted by Gasteiger charge is -2.40. The summed E-state index contributed by atoms with van der Waals surface area (Å²) in [6.45, 7) is 7.10. The van der Waals surface area contributed by atoms with E-state index in [-0.39, 0.29) is 0 Å². The number of para-hydroxylation sites is 1. The molecule has 2 aromatic carbocycles. The standard InChI is InChI=1S/C24H32N2/c1-18-12-10-11-17-23(18)26-20(3)19(2)25(22-15-8-5-9-16-22)24(26)21-13-6-4-7-14-21/h4,6-7,10-14,17,19-20,22,24H,5,8-9,15-16H2,1-3H3/t19?,20-,24?/m0/s1. The summed E-state index contributed by atoms with van der Waals surface area (Å²) < 4.78 is 0. The van der Waals surface area contributed by atoms with E-state index in [0.29, 0.717) is 24.3 Å². The maximum absolute atomic E-state index is 2.84. The minimum absolute atomic E-state index is 0.338. The Morgan fingerprint density at radius 2 is 1.42 bits per heavy atom. The molecule has 2 unspecified atom stereocenters. The van der Waals surface area contributed by atoms with Crippen LogP contribution in [0.15, 0.2) is 54.6 Å². The Labute approximate surface area is 158 Å². The van der Waals surface area contributed by atoms with Crippen LogP contribution in [0.4, 0.5) is 5.69 Å². The maximum atomic E-state index is 2.84. The van der Waals surface area contributed by atoms with Gasteiger partial charge in [-0.15, -0.1) is 0 Å². The summed E-state index contributed by atoms with van der Waals surface area (Å²) in [5.74, 6) is 0. The van der Waals surface area contributed by atoms with E-state index in [2.05, 4.69) is 85.2 Å². The van der Waals surface area contributed by atoms with Gasteiger partial charge in [0.25, 0.3) is 0 Å². The highest BCUT2D eigenvalue weighted by atomic mass is 15.5. The van der Waals surface area contributed by atoms with Crippen molar-refractivity contribution < 1.29 is 0 Å². The van der Waals surface area contributed by atoms with Crippen LogP contribution in [0, 0.1) is 6.92 Å². The Kier molecular flexibility index (Phi) is 5.04. The number of anilines is 1. The van der Waals surface area contributed by atoms with E-state index >= 15 is 0 Å². The third-order valence-corrected chi connectivity index (χ3v) is 6.64. The average molecular weight is 349 g/mol. The van der Waals surface area contributed by atoms with Crippen molar-refractivity contribution in [3.63, 3.8) is 0 Å². The molecule has 2 aromatic rings.